The lowest BCUT2D eigenvalue weighted by molar-refractivity contribution is 0.682. The molecule has 0 fully saturated rings. The van der Waals surface area contributed by atoms with Crippen LogP contribution < -0.4 is 0 Å². The van der Waals surface area contributed by atoms with Gasteiger partial charge >= 0.3 is 0 Å². The topological polar surface area (TPSA) is 17.1 Å². The van der Waals surface area contributed by atoms with Gasteiger partial charge in [0.15, 0.2) is 0 Å². The first kappa shape index (κ1) is 12.9. The highest BCUT2D eigenvalue weighted by Gasteiger charge is 2.27. The maximum Gasteiger partial charge on any atom is 0.134 e. The van der Waals surface area contributed by atoms with Gasteiger partial charge in [-0.3, -0.25) is 0 Å². The van der Waals surface area contributed by atoms with E-state index in [0.717, 1.165) is 21.3 Å². The summed E-state index contributed by atoms with van der Waals surface area (Å²) in [5, 5.41) is 0. The highest BCUT2D eigenvalue weighted by Crippen LogP contribution is 2.30. The molecule has 2 aromatic rings. The van der Waals surface area contributed by atoms with Gasteiger partial charge in [-0.15, -0.1) is 0 Å². The van der Waals surface area contributed by atoms with Crippen LogP contribution in [0.4, 0.5) is 0 Å². The molecule has 0 unspecified atom stereocenters. The van der Waals surface area contributed by atoms with Gasteiger partial charge in [-0.2, -0.15) is 0 Å². The van der Waals surface area contributed by atoms with Gasteiger partial charge in [0.1, 0.15) is 17.3 Å². The molecule has 98 valence electrons. The van der Waals surface area contributed by atoms with E-state index in [0.29, 0.717) is 10.9 Å². The Morgan fingerprint density at radius 1 is 0.947 bits per heavy atom. The van der Waals surface area contributed by atoms with Crippen LogP contribution in [0.15, 0.2) is 58.3 Å². The Bertz CT molecular complexity index is 570. The molecular weight excluding hydrogens is 272 g/mol. The quantitative estimate of drug-likeness (QED) is 0.734. The second-order valence-electron chi connectivity index (χ2n) is 4.67. The second-order valence-corrected chi connectivity index (χ2v) is 8.47. The SMILES string of the molecule is CC[S+]1Cc2ccccc2S(=O)c2ccccc2C1. The first-order chi connectivity index (χ1) is 9.29. The van der Waals surface area contributed by atoms with Crippen LogP contribution in [0.2, 0.25) is 0 Å². The average Bonchev–Trinajstić information content (AvgIpc) is 2.45. The molecule has 0 aromatic heterocycles. The highest BCUT2D eigenvalue weighted by atomic mass is 32.2. The summed E-state index contributed by atoms with van der Waals surface area (Å²) in [6.07, 6.45) is 0. The van der Waals surface area contributed by atoms with E-state index in [1.54, 1.807) is 0 Å². The Hall–Kier alpha value is -1.06. The summed E-state index contributed by atoms with van der Waals surface area (Å²) in [6, 6.07) is 16.4. The van der Waals surface area contributed by atoms with Crippen molar-refractivity contribution < 1.29 is 4.21 Å². The van der Waals surface area contributed by atoms with Crippen molar-refractivity contribution in [3.63, 3.8) is 0 Å². The van der Waals surface area contributed by atoms with E-state index in [2.05, 4.69) is 31.2 Å². The van der Waals surface area contributed by atoms with Crippen LogP contribution >= 0.6 is 0 Å². The maximum absolute atomic E-state index is 12.8. The highest BCUT2D eigenvalue weighted by molar-refractivity contribution is 7.95. The van der Waals surface area contributed by atoms with E-state index in [-0.39, 0.29) is 0 Å². The number of fused-ring (bicyclic) bond motifs is 2. The van der Waals surface area contributed by atoms with Crippen molar-refractivity contribution in [2.24, 2.45) is 0 Å². The predicted molar refractivity (Wildman–Crippen MR) is 82.9 cm³/mol. The molecule has 0 spiro atoms. The van der Waals surface area contributed by atoms with Crippen LogP contribution in [0, 0.1) is 0 Å². The van der Waals surface area contributed by atoms with Crippen LogP contribution in [0.5, 0.6) is 0 Å². The molecule has 1 heterocycles. The molecule has 0 amide bonds. The molecule has 0 atom stereocenters. The van der Waals surface area contributed by atoms with Crippen LogP contribution in [-0.4, -0.2) is 9.96 Å². The summed E-state index contributed by atoms with van der Waals surface area (Å²) in [7, 11) is -0.683. The third kappa shape index (κ3) is 2.49. The fourth-order valence-corrected chi connectivity index (χ4v) is 5.90. The molecule has 19 heavy (non-hydrogen) atoms. The summed E-state index contributed by atoms with van der Waals surface area (Å²) in [4.78, 5) is 2.00. The smallest absolute Gasteiger partial charge is 0.134 e. The molecule has 3 heteroatoms. The molecule has 0 radical (unpaired) electrons. The average molecular weight is 289 g/mol. The molecule has 0 N–H and O–H groups in total. The van der Waals surface area contributed by atoms with Crippen LogP contribution in [0.1, 0.15) is 18.1 Å². The van der Waals surface area contributed by atoms with Gasteiger partial charge in [-0.25, -0.2) is 4.21 Å². The summed E-state index contributed by atoms with van der Waals surface area (Å²) < 4.78 is 12.8. The number of rotatable bonds is 1. The van der Waals surface area contributed by atoms with E-state index in [9.17, 15) is 4.21 Å². The van der Waals surface area contributed by atoms with Gasteiger partial charge in [0.2, 0.25) is 0 Å². The van der Waals surface area contributed by atoms with E-state index < -0.39 is 10.8 Å². The molecule has 3 rings (SSSR count). The molecule has 0 saturated heterocycles. The van der Waals surface area contributed by atoms with Gasteiger partial charge in [-0.1, -0.05) is 36.4 Å². The van der Waals surface area contributed by atoms with E-state index in [4.69, 9.17) is 0 Å². The minimum Gasteiger partial charge on any atom is -0.249 e. The Labute approximate surface area is 119 Å². The Kier molecular flexibility index (Phi) is 3.76. The Balaban J connectivity index is 2.17. The van der Waals surface area contributed by atoms with Crippen molar-refractivity contribution >= 4 is 21.7 Å². The van der Waals surface area contributed by atoms with Crippen molar-refractivity contribution in [3.8, 4) is 0 Å². The van der Waals surface area contributed by atoms with Crippen molar-refractivity contribution in [1.82, 2.24) is 0 Å². The minimum absolute atomic E-state index is 0.348. The number of benzene rings is 2. The van der Waals surface area contributed by atoms with Crippen molar-refractivity contribution in [2.45, 2.75) is 28.2 Å². The zero-order chi connectivity index (χ0) is 13.2. The lowest BCUT2D eigenvalue weighted by Crippen LogP contribution is -2.17. The van der Waals surface area contributed by atoms with Crippen molar-refractivity contribution in [2.75, 3.05) is 5.75 Å². The van der Waals surface area contributed by atoms with Gasteiger partial charge in [0.25, 0.3) is 0 Å². The number of hydrogen-bond acceptors (Lipinski definition) is 1. The molecule has 0 bridgehead atoms. The fraction of sp³-hybridized carbons (Fsp3) is 0.250. The molecule has 2 aromatic carbocycles. The zero-order valence-electron chi connectivity index (χ0n) is 11.0. The second kappa shape index (κ2) is 5.51. The zero-order valence-corrected chi connectivity index (χ0v) is 12.6. The van der Waals surface area contributed by atoms with Gasteiger partial charge < -0.3 is 0 Å². The maximum atomic E-state index is 12.8. The first-order valence-electron chi connectivity index (χ1n) is 6.51. The molecule has 0 saturated carbocycles. The predicted octanol–water partition coefficient (Wildman–Crippen LogP) is 3.51. The van der Waals surface area contributed by atoms with E-state index >= 15 is 0 Å². The standard InChI is InChI=1S/C16H17OS2/c1-2-18-11-13-7-3-5-9-15(13)19(17)16-10-6-4-8-14(16)12-18/h3-10H,2,11-12H2,1H3/q+1. The summed E-state index contributed by atoms with van der Waals surface area (Å²) in [6.45, 7) is 2.26. The van der Waals surface area contributed by atoms with E-state index in [1.165, 1.54) is 16.9 Å². The Morgan fingerprint density at radius 2 is 1.42 bits per heavy atom. The minimum atomic E-state index is -1.03. The van der Waals surface area contributed by atoms with Gasteiger partial charge in [0.05, 0.1) is 20.6 Å². The van der Waals surface area contributed by atoms with Gasteiger partial charge in [-0.05, 0) is 30.0 Å². The lowest BCUT2D eigenvalue weighted by Gasteiger charge is -2.17. The summed E-state index contributed by atoms with van der Waals surface area (Å²) in [5.41, 5.74) is 2.53. The third-order valence-corrected chi connectivity index (χ3v) is 7.32. The Morgan fingerprint density at radius 3 is 1.89 bits per heavy atom. The summed E-state index contributed by atoms with van der Waals surface area (Å²) >= 11 is 0. The fourth-order valence-electron chi connectivity index (χ4n) is 2.42. The monoisotopic (exact) mass is 289 g/mol. The molecule has 1 aliphatic rings. The van der Waals surface area contributed by atoms with E-state index in [1.807, 2.05) is 24.3 Å². The molecule has 1 aliphatic heterocycles. The van der Waals surface area contributed by atoms with Crippen LogP contribution in [0.25, 0.3) is 0 Å². The van der Waals surface area contributed by atoms with Crippen molar-refractivity contribution in [1.29, 1.82) is 0 Å². The molecular formula is C16H17OS2+. The largest absolute Gasteiger partial charge is 0.249 e. The summed E-state index contributed by atoms with van der Waals surface area (Å²) in [5.74, 6) is 3.31. The lowest BCUT2D eigenvalue weighted by atomic mass is 10.2. The van der Waals surface area contributed by atoms with Crippen LogP contribution in [-0.2, 0) is 33.2 Å². The normalized spacial score (nSPS) is 21.9. The van der Waals surface area contributed by atoms with Crippen LogP contribution in [0.3, 0.4) is 0 Å². The molecule has 0 aliphatic carbocycles. The first-order valence-corrected chi connectivity index (χ1v) is 9.39. The van der Waals surface area contributed by atoms with Crippen molar-refractivity contribution in [3.05, 3.63) is 59.7 Å². The third-order valence-electron chi connectivity index (χ3n) is 3.47. The number of hydrogen-bond donors (Lipinski definition) is 0. The van der Waals surface area contributed by atoms with Gasteiger partial charge in [0, 0.05) is 11.1 Å². The molecule has 1 nitrogen and oxygen atoms in total.